The molecule has 0 spiro atoms. The Labute approximate surface area is 155 Å². The second kappa shape index (κ2) is 6.27. The van der Waals surface area contributed by atoms with Crippen LogP contribution in [0.3, 0.4) is 0 Å². The maximum Gasteiger partial charge on any atom is 0.259 e. The molecule has 2 amide bonds. The molecule has 0 fully saturated rings. The van der Waals surface area contributed by atoms with E-state index in [9.17, 15) is 9.59 Å². The molecule has 2 heterocycles. The predicted octanol–water partition coefficient (Wildman–Crippen LogP) is 3.54. The normalized spacial score (nSPS) is 13.3. The molecule has 26 heavy (non-hydrogen) atoms. The molecule has 6 heteroatoms. The fourth-order valence-corrected chi connectivity index (χ4v) is 3.91. The SMILES string of the molecule is Cc1cn(CCCO)c2cc(-c3ccccc3Cl)c3c(c12)C(=O)NC3=O. The monoisotopic (exact) mass is 368 g/mol. The summed E-state index contributed by atoms with van der Waals surface area (Å²) >= 11 is 6.37. The van der Waals surface area contributed by atoms with Crippen LogP contribution in [0, 0.1) is 6.92 Å². The molecule has 1 aliphatic heterocycles. The third-order valence-corrected chi connectivity index (χ3v) is 5.09. The number of carbonyl (C=O) groups is 2. The lowest BCUT2D eigenvalue weighted by Gasteiger charge is -2.12. The minimum Gasteiger partial charge on any atom is -0.396 e. The lowest BCUT2D eigenvalue weighted by molar-refractivity contribution is 0.0880. The van der Waals surface area contributed by atoms with Crippen molar-refractivity contribution in [1.29, 1.82) is 0 Å². The first kappa shape index (κ1) is 16.8. The summed E-state index contributed by atoms with van der Waals surface area (Å²) in [4.78, 5) is 25.0. The Balaban J connectivity index is 2.10. The van der Waals surface area contributed by atoms with Crippen LogP contribution in [0.5, 0.6) is 0 Å². The summed E-state index contributed by atoms with van der Waals surface area (Å²) in [6.07, 6.45) is 2.56. The van der Waals surface area contributed by atoms with Crippen molar-refractivity contribution in [2.24, 2.45) is 0 Å². The first-order chi connectivity index (χ1) is 12.5. The Morgan fingerprint density at radius 1 is 1.12 bits per heavy atom. The number of halogens is 1. The molecule has 1 aliphatic rings. The van der Waals surface area contributed by atoms with Gasteiger partial charge in [-0.3, -0.25) is 14.9 Å². The minimum atomic E-state index is -0.399. The minimum absolute atomic E-state index is 0.0833. The van der Waals surface area contributed by atoms with E-state index in [1.807, 2.05) is 42.0 Å². The summed E-state index contributed by atoms with van der Waals surface area (Å²) in [6, 6.07) is 9.19. The highest BCUT2D eigenvalue weighted by molar-refractivity contribution is 6.35. The molecular formula is C20H17ClN2O3. The van der Waals surface area contributed by atoms with Crippen LogP contribution in [-0.4, -0.2) is 28.1 Å². The number of hydrogen-bond donors (Lipinski definition) is 2. The van der Waals surface area contributed by atoms with Crippen LogP contribution in [0.25, 0.3) is 22.0 Å². The molecule has 4 rings (SSSR count). The zero-order valence-corrected chi connectivity index (χ0v) is 14.9. The molecule has 132 valence electrons. The number of aliphatic hydroxyl groups excluding tert-OH is 1. The Kier molecular flexibility index (Phi) is 4.05. The highest BCUT2D eigenvalue weighted by Gasteiger charge is 2.34. The Morgan fingerprint density at radius 3 is 2.58 bits per heavy atom. The lowest BCUT2D eigenvalue weighted by Crippen LogP contribution is -2.20. The van der Waals surface area contributed by atoms with Gasteiger partial charge in [-0.1, -0.05) is 29.8 Å². The smallest absolute Gasteiger partial charge is 0.259 e. The van der Waals surface area contributed by atoms with Gasteiger partial charge in [-0.25, -0.2) is 0 Å². The molecule has 5 nitrogen and oxygen atoms in total. The third-order valence-electron chi connectivity index (χ3n) is 4.76. The van der Waals surface area contributed by atoms with Crippen molar-refractivity contribution in [3.63, 3.8) is 0 Å². The highest BCUT2D eigenvalue weighted by atomic mass is 35.5. The average Bonchev–Trinajstić information content (AvgIpc) is 3.09. The van der Waals surface area contributed by atoms with Gasteiger partial charge >= 0.3 is 0 Å². The van der Waals surface area contributed by atoms with E-state index in [4.69, 9.17) is 16.7 Å². The molecule has 0 unspecified atom stereocenters. The fraction of sp³-hybridized carbons (Fsp3) is 0.200. The van der Waals surface area contributed by atoms with E-state index in [-0.39, 0.29) is 12.5 Å². The average molecular weight is 369 g/mol. The number of nitrogens with one attached hydrogen (secondary N) is 1. The molecule has 3 aromatic rings. The van der Waals surface area contributed by atoms with Crippen LogP contribution in [-0.2, 0) is 6.54 Å². The molecule has 2 aromatic carbocycles. The topological polar surface area (TPSA) is 71.3 Å². The van der Waals surface area contributed by atoms with Crippen LogP contribution in [0.2, 0.25) is 5.02 Å². The number of carbonyl (C=O) groups excluding carboxylic acids is 2. The maximum atomic E-state index is 12.5. The number of hydrogen-bond acceptors (Lipinski definition) is 3. The van der Waals surface area contributed by atoms with E-state index >= 15 is 0 Å². The zero-order valence-electron chi connectivity index (χ0n) is 14.2. The van der Waals surface area contributed by atoms with Gasteiger partial charge in [0.05, 0.1) is 11.1 Å². The van der Waals surface area contributed by atoms with Gasteiger partial charge < -0.3 is 9.67 Å². The van der Waals surface area contributed by atoms with Crippen molar-refractivity contribution in [3.8, 4) is 11.1 Å². The van der Waals surface area contributed by atoms with Gasteiger partial charge in [-0.15, -0.1) is 0 Å². The summed E-state index contributed by atoms with van der Waals surface area (Å²) in [5, 5.41) is 12.9. The number of aliphatic hydroxyl groups is 1. The Morgan fingerprint density at radius 2 is 1.85 bits per heavy atom. The molecule has 1 aromatic heterocycles. The second-order valence-corrected chi connectivity index (χ2v) is 6.82. The summed E-state index contributed by atoms with van der Waals surface area (Å²) in [5.41, 5.74) is 3.91. The second-order valence-electron chi connectivity index (χ2n) is 6.41. The first-order valence-electron chi connectivity index (χ1n) is 8.40. The van der Waals surface area contributed by atoms with Crippen molar-refractivity contribution in [1.82, 2.24) is 9.88 Å². The number of nitrogens with zero attached hydrogens (tertiary/aromatic N) is 1. The van der Waals surface area contributed by atoms with E-state index in [1.165, 1.54) is 0 Å². The summed E-state index contributed by atoms with van der Waals surface area (Å²) in [6.45, 7) is 2.63. The molecule has 0 saturated heterocycles. The van der Waals surface area contributed by atoms with Crippen molar-refractivity contribution in [2.75, 3.05) is 6.61 Å². The van der Waals surface area contributed by atoms with Crippen molar-refractivity contribution in [2.45, 2.75) is 19.9 Å². The first-order valence-corrected chi connectivity index (χ1v) is 8.78. The van der Waals surface area contributed by atoms with E-state index in [2.05, 4.69) is 5.32 Å². The molecule has 0 radical (unpaired) electrons. The largest absolute Gasteiger partial charge is 0.396 e. The Hall–Kier alpha value is -2.63. The lowest BCUT2D eigenvalue weighted by atomic mass is 9.93. The van der Waals surface area contributed by atoms with E-state index in [1.54, 1.807) is 6.07 Å². The quantitative estimate of drug-likeness (QED) is 0.692. The van der Waals surface area contributed by atoms with Crippen molar-refractivity contribution >= 4 is 34.3 Å². The summed E-state index contributed by atoms with van der Waals surface area (Å²) in [7, 11) is 0. The number of imide groups is 1. The number of benzene rings is 2. The molecular weight excluding hydrogens is 352 g/mol. The van der Waals surface area contributed by atoms with Gasteiger partial charge in [-0.2, -0.15) is 0 Å². The maximum absolute atomic E-state index is 12.5. The Bertz CT molecular complexity index is 1070. The van der Waals surface area contributed by atoms with Gasteiger partial charge in [0.2, 0.25) is 0 Å². The van der Waals surface area contributed by atoms with Crippen molar-refractivity contribution in [3.05, 3.63) is 58.2 Å². The number of aromatic nitrogens is 1. The number of rotatable bonds is 4. The highest BCUT2D eigenvalue weighted by Crippen LogP contribution is 2.39. The zero-order chi connectivity index (χ0) is 18.4. The third kappa shape index (κ3) is 2.43. The molecule has 0 aliphatic carbocycles. The predicted molar refractivity (Wildman–Crippen MR) is 101 cm³/mol. The van der Waals surface area contributed by atoms with Gasteiger partial charge in [0, 0.05) is 40.8 Å². The molecule has 0 atom stereocenters. The summed E-state index contributed by atoms with van der Waals surface area (Å²) < 4.78 is 2.01. The molecule has 2 N–H and O–H groups in total. The van der Waals surface area contributed by atoms with E-state index in [0.29, 0.717) is 40.2 Å². The van der Waals surface area contributed by atoms with Crippen LogP contribution in [0.15, 0.2) is 36.5 Å². The van der Waals surface area contributed by atoms with Gasteiger partial charge in [0.15, 0.2) is 0 Å². The summed E-state index contributed by atoms with van der Waals surface area (Å²) in [5.74, 6) is -0.781. The fourth-order valence-electron chi connectivity index (χ4n) is 3.67. The number of amides is 2. The van der Waals surface area contributed by atoms with Crippen LogP contribution < -0.4 is 5.32 Å². The molecule has 0 bridgehead atoms. The number of fused-ring (bicyclic) bond motifs is 3. The van der Waals surface area contributed by atoms with Crippen LogP contribution in [0.4, 0.5) is 0 Å². The van der Waals surface area contributed by atoms with Gasteiger partial charge in [0.25, 0.3) is 11.8 Å². The standard InChI is InChI=1S/C20H17ClN2O3/c1-11-10-23(7-4-8-24)15-9-13(12-5-2-3-6-14(12)21)17-18(16(11)15)20(26)22-19(17)25/h2-3,5-6,9-10,24H,4,7-8H2,1H3,(H,22,25,26). The molecule has 0 saturated carbocycles. The van der Waals surface area contributed by atoms with Crippen molar-refractivity contribution < 1.29 is 14.7 Å². The van der Waals surface area contributed by atoms with E-state index in [0.717, 1.165) is 16.5 Å². The van der Waals surface area contributed by atoms with E-state index < -0.39 is 5.91 Å². The number of aryl methyl sites for hydroxylation is 2. The van der Waals surface area contributed by atoms with Gasteiger partial charge in [-0.05, 0) is 36.6 Å². The van der Waals surface area contributed by atoms with Crippen LogP contribution in [0.1, 0.15) is 32.7 Å². The van der Waals surface area contributed by atoms with Crippen LogP contribution >= 0.6 is 11.6 Å². The van der Waals surface area contributed by atoms with Gasteiger partial charge in [0.1, 0.15) is 0 Å².